The van der Waals surface area contributed by atoms with Crippen molar-refractivity contribution in [1.29, 1.82) is 0 Å². The van der Waals surface area contributed by atoms with Crippen LogP contribution < -0.4 is 0 Å². The van der Waals surface area contributed by atoms with Gasteiger partial charge in [0, 0.05) is 13.0 Å². The van der Waals surface area contributed by atoms with Gasteiger partial charge in [-0.3, -0.25) is 13.8 Å². The molecule has 366 valence electrons. The number of hydrogen-bond donors (Lipinski definition) is 1. The lowest BCUT2D eigenvalue weighted by Crippen LogP contribution is -2.37. The normalized spacial score (nSPS) is 13.5. The number of nitrogens with zero attached hydrogens (tertiary/aromatic N) is 1. The molecule has 0 aromatic carbocycles. The van der Waals surface area contributed by atoms with Gasteiger partial charge in [-0.2, -0.15) is 0 Å². The molecule has 0 aliphatic heterocycles. The molecule has 8 nitrogen and oxygen atoms in total. The van der Waals surface area contributed by atoms with Crippen LogP contribution in [0.5, 0.6) is 0 Å². The standard InChI is InChI=1S/C52H106NO7P/c1-6-8-10-12-14-16-18-20-21-22-23-24-25-26-27-28-29-30-31-32-33-34-35-37-39-41-43-45-52(54)60-51(50-59-61(55,56)58-48-46-53(3,4)5)49-57-47-44-42-40-38-36-19-17-15-13-11-9-7-2/h51H,6-50H2,1-5H3/p+1/t51-/m1/s1. The van der Waals surface area contributed by atoms with Crippen LogP contribution >= 0.6 is 7.82 Å². The van der Waals surface area contributed by atoms with Crippen LogP contribution in [0.4, 0.5) is 0 Å². The number of carbonyl (C=O) groups is 1. The Hall–Kier alpha value is -0.500. The Balaban J connectivity index is 3.94. The molecule has 0 bridgehead atoms. The predicted molar refractivity (Wildman–Crippen MR) is 261 cm³/mol. The summed E-state index contributed by atoms with van der Waals surface area (Å²) in [6.45, 7) is 5.70. The molecule has 0 saturated carbocycles. The lowest BCUT2D eigenvalue weighted by Gasteiger charge is -2.24. The average Bonchev–Trinajstić information content (AvgIpc) is 3.22. The van der Waals surface area contributed by atoms with Crippen molar-refractivity contribution >= 4 is 13.8 Å². The van der Waals surface area contributed by atoms with Crippen LogP contribution in [0.3, 0.4) is 0 Å². The largest absolute Gasteiger partial charge is 0.472 e. The second-order valence-electron chi connectivity index (χ2n) is 19.6. The molecule has 0 aromatic rings. The van der Waals surface area contributed by atoms with E-state index >= 15 is 0 Å². The zero-order chi connectivity index (χ0) is 44.8. The fourth-order valence-corrected chi connectivity index (χ4v) is 8.77. The number of quaternary nitrogens is 1. The summed E-state index contributed by atoms with van der Waals surface area (Å²) in [5.74, 6) is -0.305. The third kappa shape index (κ3) is 50.4. The molecular weight excluding hydrogens is 782 g/mol. The van der Waals surface area contributed by atoms with Gasteiger partial charge in [0.2, 0.25) is 0 Å². The van der Waals surface area contributed by atoms with Gasteiger partial charge >= 0.3 is 13.8 Å². The molecule has 0 aliphatic rings. The fourth-order valence-electron chi connectivity index (χ4n) is 8.03. The molecule has 2 atom stereocenters. The van der Waals surface area contributed by atoms with Crippen molar-refractivity contribution in [1.82, 2.24) is 0 Å². The number of likely N-dealkylation sites (N-methyl/N-ethyl adjacent to an activating group) is 1. The fraction of sp³-hybridized carbons (Fsp3) is 0.981. The maximum Gasteiger partial charge on any atom is 0.472 e. The monoisotopic (exact) mass is 889 g/mol. The van der Waals surface area contributed by atoms with Crippen LogP contribution in [-0.4, -0.2) is 75.6 Å². The Morgan fingerprint density at radius 2 is 0.754 bits per heavy atom. The van der Waals surface area contributed by atoms with E-state index in [-0.39, 0.29) is 25.8 Å². The summed E-state index contributed by atoms with van der Waals surface area (Å²) in [5.41, 5.74) is 0. The summed E-state index contributed by atoms with van der Waals surface area (Å²) in [4.78, 5) is 23.0. The average molecular weight is 889 g/mol. The van der Waals surface area contributed by atoms with Gasteiger partial charge in [0.1, 0.15) is 19.3 Å². The minimum atomic E-state index is -4.27. The van der Waals surface area contributed by atoms with E-state index in [1.807, 2.05) is 21.1 Å². The number of phosphoric ester groups is 1. The van der Waals surface area contributed by atoms with E-state index in [9.17, 15) is 14.3 Å². The Labute approximate surface area is 380 Å². The Morgan fingerprint density at radius 3 is 1.08 bits per heavy atom. The highest BCUT2D eigenvalue weighted by molar-refractivity contribution is 7.47. The minimum Gasteiger partial charge on any atom is -0.457 e. The highest BCUT2D eigenvalue weighted by atomic mass is 31.2. The molecule has 0 spiro atoms. The summed E-state index contributed by atoms with van der Waals surface area (Å²) in [7, 11) is 1.69. The van der Waals surface area contributed by atoms with Crippen LogP contribution in [-0.2, 0) is 27.9 Å². The topological polar surface area (TPSA) is 91.3 Å². The molecule has 0 amide bonds. The van der Waals surface area contributed by atoms with Crippen LogP contribution in [0, 0.1) is 0 Å². The number of phosphoric acid groups is 1. The van der Waals surface area contributed by atoms with Crippen molar-refractivity contribution in [3.8, 4) is 0 Å². The van der Waals surface area contributed by atoms with Crippen LogP contribution in [0.1, 0.15) is 271 Å². The van der Waals surface area contributed by atoms with E-state index in [0.717, 1.165) is 32.1 Å². The van der Waals surface area contributed by atoms with Gasteiger partial charge in [-0.1, -0.05) is 251 Å². The summed E-state index contributed by atoms with van der Waals surface area (Å²) < 4.78 is 35.1. The summed E-state index contributed by atoms with van der Waals surface area (Å²) >= 11 is 0. The second-order valence-corrected chi connectivity index (χ2v) is 21.1. The number of unbranched alkanes of at least 4 members (excludes halogenated alkanes) is 37. The van der Waals surface area contributed by atoms with Gasteiger partial charge in [-0.05, 0) is 12.8 Å². The highest BCUT2D eigenvalue weighted by Gasteiger charge is 2.26. The number of ether oxygens (including phenoxy) is 2. The van der Waals surface area contributed by atoms with Gasteiger partial charge < -0.3 is 18.9 Å². The third-order valence-corrected chi connectivity index (χ3v) is 13.2. The molecule has 9 heteroatoms. The van der Waals surface area contributed by atoms with E-state index in [1.54, 1.807) is 0 Å². The number of esters is 1. The first-order chi connectivity index (χ1) is 29.6. The Bertz CT molecular complexity index is 945. The summed E-state index contributed by atoms with van der Waals surface area (Å²) in [5, 5.41) is 0. The zero-order valence-corrected chi connectivity index (χ0v) is 42.6. The Morgan fingerprint density at radius 1 is 0.443 bits per heavy atom. The first-order valence-corrected chi connectivity index (χ1v) is 28.3. The van der Waals surface area contributed by atoms with Gasteiger partial charge in [0.15, 0.2) is 0 Å². The van der Waals surface area contributed by atoms with E-state index in [1.165, 1.54) is 218 Å². The number of hydrogen-bond acceptors (Lipinski definition) is 6. The molecule has 0 heterocycles. The van der Waals surface area contributed by atoms with E-state index < -0.39 is 13.9 Å². The molecule has 0 fully saturated rings. The van der Waals surface area contributed by atoms with Gasteiger partial charge in [-0.25, -0.2) is 4.57 Å². The lowest BCUT2D eigenvalue weighted by atomic mass is 10.0. The van der Waals surface area contributed by atoms with Crippen molar-refractivity contribution in [3.05, 3.63) is 0 Å². The first kappa shape index (κ1) is 60.5. The third-order valence-electron chi connectivity index (χ3n) is 12.2. The summed E-state index contributed by atoms with van der Waals surface area (Å²) in [6.07, 6.45) is 51.6. The smallest absolute Gasteiger partial charge is 0.457 e. The molecule has 0 aromatic heterocycles. The molecule has 0 saturated heterocycles. The molecule has 61 heavy (non-hydrogen) atoms. The van der Waals surface area contributed by atoms with E-state index in [2.05, 4.69) is 13.8 Å². The molecular formula is C52H107NO7P+. The maximum absolute atomic E-state index is 12.8. The maximum atomic E-state index is 12.8. The van der Waals surface area contributed by atoms with Crippen LogP contribution in [0.25, 0.3) is 0 Å². The second kappa shape index (κ2) is 46.0. The lowest BCUT2D eigenvalue weighted by molar-refractivity contribution is -0.870. The quantitative estimate of drug-likeness (QED) is 0.0281. The molecule has 0 rings (SSSR count). The molecule has 1 unspecified atom stereocenters. The Kier molecular flexibility index (Phi) is 45.7. The number of rotatable bonds is 51. The van der Waals surface area contributed by atoms with Crippen molar-refractivity contribution in [2.45, 2.75) is 277 Å². The van der Waals surface area contributed by atoms with Crippen molar-refractivity contribution in [2.75, 3.05) is 54.1 Å². The van der Waals surface area contributed by atoms with Crippen molar-refractivity contribution in [2.24, 2.45) is 0 Å². The zero-order valence-electron chi connectivity index (χ0n) is 41.7. The van der Waals surface area contributed by atoms with Gasteiger partial charge in [-0.15, -0.1) is 0 Å². The highest BCUT2D eigenvalue weighted by Crippen LogP contribution is 2.43. The van der Waals surface area contributed by atoms with Crippen molar-refractivity contribution < 1.29 is 37.3 Å². The van der Waals surface area contributed by atoms with Gasteiger partial charge in [0.25, 0.3) is 0 Å². The van der Waals surface area contributed by atoms with Crippen LogP contribution in [0.15, 0.2) is 0 Å². The summed E-state index contributed by atoms with van der Waals surface area (Å²) in [6, 6.07) is 0. The van der Waals surface area contributed by atoms with Gasteiger partial charge in [0.05, 0.1) is 34.4 Å². The SMILES string of the molecule is CCCCCCCCCCCCCCCCCCCCCCCCCCCCCC(=O)O[C@H](COCCCCCCCCCCCCCC)COP(=O)(O)OCC[N+](C)(C)C. The van der Waals surface area contributed by atoms with Crippen molar-refractivity contribution in [3.63, 3.8) is 0 Å². The number of carbonyl (C=O) groups excluding carboxylic acids is 1. The van der Waals surface area contributed by atoms with E-state index in [0.29, 0.717) is 24.1 Å². The first-order valence-electron chi connectivity index (χ1n) is 26.8. The molecule has 0 radical (unpaired) electrons. The van der Waals surface area contributed by atoms with E-state index in [4.69, 9.17) is 18.5 Å². The predicted octanol–water partition coefficient (Wildman–Crippen LogP) is 16.4. The molecule has 0 aliphatic carbocycles. The van der Waals surface area contributed by atoms with Crippen LogP contribution in [0.2, 0.25) is 0 Å². The molecule has 1 N–H and O–H groups in total. The minimum absolute atomic E-state index is 0.0941.